The highest BCUT2D eigenvalue weighted by molar-refractivity contribution is 9.10. The molecule has 0 radical (unpaired) electrons. The first-order valence-electron chi connectivity index (χ1n) is 6.83. The first kappa shape index (κ1) is 13.8. The van der Waals surface area contributed by atoms with E-state index in [2.05, 4.69) is 22.0 Å². The summed E-state index contributed by atoms with van der Waals surface area (Å²) in [5.41, 5.74) is 2.13. The molecule has 1 N–H and O–H groups in total. The monoisotopic (exact) mass is 334 g/mol. The molecule has 104 valence electrons. The molecule has 0 bridgehead atoms. The van der Waals surface area contributed by atoms with Gasteiger partial charge in [0.2, 0.25) is 0 Å². The van der Waals surface area contributed by atoms with E-state index in [1.807, 2.05) is 24.3 Å². The highest BCUT2D eigenvalue weighted by atomic mass is 79.9. The molecule has 0 heterocycles. The summed E-state index contributed by atoms with van der Waals surface area (Å²) in [5, 5.41) is 11.0. The third-order valence-electron chi connectivity index (χ3n) is 3.97. The van der Waals surface area contributed by atoms with Crippen molar-refractivity contribution in [3.05, 3.63) is 69.4 Å². The summed E-state index contributed by atoms with van der Waals surface area (Å²) in [6, 6.07) is 12.8. The van der Waals surface area contributed by atoms with E-state index in [0.29, 0.717) is 10.9 Å². The Morgan fingerprint density at radius 2 is 2.00 bits per heavy atom. The highest BCUT2D eigenvalue weighted by Crippen LogP contribution is 2.38. The Hall–Kier alpha value is -1.19. The van der Waals surface area contributed by atoms with Gasteiger partial charge in [0, 0.05) is 10.9 Å². The molecule has 2 aromatic rings. The van der Waals surface area contributed by atoms with Gasteiger partial charge in [-0.2, -0.15) is 0 Å². The van der Waals surface area contributed by atoms with Gasteiger partial charge in [-0.3, -0.25) is 0 Å². The van der Waals surface area contributed by atoms with Crippen LogP contribution in [0.1, 0.15) is 29.5 Å². The summed E-state index contributed by atoms with van der Waals surface area (Å²) in [6.07, 6.45) is 3.13. The number of fused-ring (bicyclic) bond motifs is 1. The molecular formula is C17H16BrFO. The number of aliphatic hydroxyl groups is 1. The Balaban J connectivity index is 1.97. The summed E-state index contributed by atoms with van der Waals surface area (Å²) in [5.74, 6) is -0.276. The van der Waals surface area contributed by atoms with Crippen molar-refractivity contribution < 1.29 is 9.50 Å². The largest absolute Gasteiger partial charge is 0.385 e. The molecule has 1 unspecified atom stereocenters. The van der Waals surface area contributed by atoms with Crippen LogP contribution in [0.2, 0.25) is 0 Å². The van der Waals surface area contributed by atoms with E-state index < -0.39 is 5.60 Å². The zero-order chi connectivity index (χ0) is 14.2. The molecule has 3 heteroatoms. The predicted molar refractivity (Wildman–Crippen MR) is 81.1 cm³/mol. The summed E-state index contributed by atoms with van der Waals surface area (Å²) in [6.45, 7) is 0. The summed E-state index contributed by atoms with van der Waals surface area (Å²) in [4.78, 5) is 0. The second kappa shape index (κ2) is 5.30. The van der Waals surface area contributed by atoms with Gasteiger partial charge in [0.25, 0.3) is 0 Å². The lowest BCUT2D eigenvalue weighted by Gasteiger charge is -2.34. The van der Waals surface area contributed by atoms with Crippen LogP contribution in [0.15, 0.2) is 46.9 Å². The van der Waals surface area contributed by atoms with Gasteiger partial charge in [-0.15, -0.1) is 0 Å². The molecule has 2 aromatic carbocycles. The SMILES string of the molecule is OC1(Cc2cc(F)cc(Br)c2)CCCc2ccccc21. The maximum atomic E-state index is 13.5. The minimum Gasteiger partial charge on any atom is -0.385 e. The molecule has 0 amide bonds. The minimum absolute atomic E-state index is 0.276. The number of hydrogen-bond acceptors (Lipinski definition) is 1. The van der Waals surface area contributed by atoms with Crippen LogP contribution >= 0.6 is 15.9 Å². The maximum absolute atomic E-state index is 13.5. The molecule has 20 heavy (non-hydrogen) atoms. The first-order chi connectivity index (χ1) is 9.57. The lowest BCUT2D eigenvalue weighted by Crippen LogP contribution is -2.33. The molecule has 1 atom stereocenters. The molecule has 1 aliphatic carbocycles. The zero-order valence-electron chi connectivity index (χ0n) is 11.1. The number of rotatable bonds is 2. The van der Waals surface area contributed by atoms with Gasteiger partial charge in [0.15, 0.2) is 0 Å². The Kier molecular flexibility index (Phi) is 3.65. The standard InChI is InChI=1S/C17H16BrFO/c18-14-8-12(9-15(19)10-14)11-17(20)7-3-5-13-4-1-2-6-16(13)17/h1-2,4,6,8-10,20H,3,5,7,11H2. The second-order valence-corrected chi connectivity index (χ2v) is 6.41. The average molecular weight is 335 g/mol. The molecule has 1 aliphatic rings. The van der Waals surface area contributed by atoms with Gasteiger partial charge in [0.1, 0.15) is 5.82 Å². The molecule has 0 fully saturated rings. The van der Waals surface area contributed by atoms with Crippen molar-refractivity contribution in [2.24, 2.45) is 0 Å². The lowest BCUT2D eigenvalue weighted by atomic mass is 9.76. The molecule has 0 aromatic heterocycles. The topological polar surface area (TPSA) is 20.2 Å². The Morgan fingerprint density at radius 3 is 2.80 bits per heavy atom. The van der Waals surface area contributed by atoms with Gasteiger partial charge in [-0.05, 0) is 54.2 Å². The van der Waals surface area contributed by atoms with Crippen LogP contribution in [-0.4, -0.2) is 5.11 Å². The highest BCUT2D eigenvalue weighted by Gasteiger charge is 2.34. The fourth-order valence-electron chi connectivity index (χ4n) is 3.13. The van der Waals surface area contributed by atoms with Crippen LogP contribution < -0.4 is 0 Å². The number of benzene rings is 2. The summed E-state index contributed by atoms with van der Waals surface area (Å²) >= 11 is 3.31. The fourth-order valence-corrected chi connectivity index (χ4v) is 3.65. The van der Waals surface area contributed by atoms with E-state index >= 15 is 0 Å². The van der Waals surface area contributed by atoms with Crippen molar-refractivity contribution in [3.8, 4) is 0 Å². The minimum atomic E-state index is -0.887. The predicted octanol–water partition coefficient (Wildman–Crippen LogP) is 4.35. The number of hydrogen-bond donors (Lipinski definition) is 1. The van der Waals surface area contributed by atoms with Crippen molar-refractivity contribution in [2.75, 3.05) is 0 Å². The molecule has 0 saturated carbocycles. The lowest BCUT2D eigenvalue weighted by molar-refractivity contribution is 0.0190. The Morgan fingerprint density at radius 1 is 1.20 bits per heavy atom. The van der Waals surface area contributed by atoms with E-state index in [0.717, 1.165) is 30.4 Å². The van der Waals surface area contributed by atoms with Gasteiger partial charge in [-0.1, -0.05) is 40.2 Å². The second-order valence-electron chi connectivity index (χ2n) is 5.50. The van der Waals surface area contributed by atoms with Crippen LogP contribution in [-0.2, 0) is 18.4 Å². The van der Waals surface area contributed by atoms with Crippen LogP contribution in [0.4, 0.5) is 4.39 Å². The van der Waals surface area contributed by atoms with Crippen LogP contribution in [0.3, 0.4) is 0 Å². The van der Waals surface area contributed by atoms with Gasteiger partial charge in [-0.25, -0.2) is 4.39 Å². The van der Waals surface area contributed by atoms with Crippen molar-refractivity contribution >= 4 is 15.9 Å². The van der Waals surface area contributed by atoms with Gasteiger partial charge in [0.05, 0.1) is 5.60 Å². The fraction of sp³-hybridized carbons (Fsp3) is 0.294. The summed E-state index contributed by atoms with van der Waals surface area (Å²) in [7, 11) is 0. The number of aryl methyl sites for hydroxylation is 1. The smallest absolute Gasteiger partial charge is 0.124 e. The van der Waals surface area contributed by atoms with Crippen molar-refractivity contribution in [2.45, 2.75) is 31.3 Å². The van der Waals surface area contributed by atoms with Crippen molar-refractivity contribution in [1.82, 2.24) is 0 Å². The van der Waals surface area contributed by atoms with Gasteiger partial charge < -0.3 is 5.11 Å². The maximum Gasteiger partial charge on any atom is 0.124 e. The molecular weight excluding hydrogens is 319 g/mol. The average Bonchev–Trinajstić information content (AvgIpc) is 2.37. The molecule has 3 rings (SSSR count). The Labute approximate surface area is 126 Å². The van der Waals surface area contributed by atoms with Crippen molar-refractivity contribution in [3.63, 3.8) is 0 Å². The van der Waals surface area contributed by atoms with E-state index in [-0.39, 0.29) is 5.82 Å². The Bertz CT molecular complexity index is 620. The van der Waals surface area contributed by atoms with E-state index in [1.54, 1.807) is 0 Å². The van der Waals surface area contributed by atoms with Crippen molar-refractivity contribution in [1.29, 1.82) is 0 Å². The quantitative estimate of drug-likeness (QED) is 0.865. The van der Waals surface area contributed by atoms with Crippen LogP contribution in [0.5, 0.6) is 0 Å². The van der Waals surface area contributed by atoms with Crippen LogP contribution in [0.25, 0.3) is 0 Å². The third-order valence-corrected chi connectivity index (χ3v) is 4.43. The number of halogens is 2. The molecule has 0 spiro atoms. The van der Waals surface area contributed by atoms with E-state index in [9.17, 15) is 9.50 Å². The van der Waals surface area contributed by atoms with E-state index in [4.69, 9.17) is 0 Å². The van der Waals surface area contributed by atoms with Gasteiger partial charge >= 0.3 is 0 Å². The molecule has 0 aliphatic heterocycles. The summed E-state index contributed by atoms with van der Waals surface area (Å²) < 4.78 is 14.2. The zero-order valence-corrected chi connectivity index (χ0v) is 12.7. The van der Waals surface area contributed by atoms with E-state index in [1.165, 1.54) is 17.7 Å². The first-order valence-corrected chi connectivity index (χ1v) is 7.62. The van der Waals surface area contributed by atoms with Crippen LogP contribution in [0, 0.1) is 5.82 Å². The normalized spacial score (nSPS) is 21.6. The third kappa shape index (κ3) is 2.65. The molecule has 0 saturated heterocycles. The molecule has 1 nitrogen and oxygen atoms in total.